The Balaban J connectivity index is 1.67. The lowest BCUT2D eigenvalue weighted by molar-refractivity contribution is 0.0736. The third-order valence-electron chi connectivity index (χ3n) is 5.77. The molecule has 2 aromatic heterocycles. The molecule has 1 aromatic carbocycles. The molecule has 3 rings (SSSR count). The molecular weight excluding hydrogens is 404 g/mol. The van der Waals surface area contributed by atoms with Gasteiger partial charge in [-0.2, -0.15) is 0 Å². The third kappa shape index (κ3) is 5.17. The number of amides is 2. The average Bonchev–Trinajstić information content (AvgIpc) is 3.23. The molecule has 1 atom stereocenters. The van der Waals surface area contributed by atoms with Crippen molar-refractivity contribution in [2.45, 2.75) is 32.7 Å². The highest BCUT2D eigenvalue weighted by Gasteiger charge is 2.21. The molecule has 7 heteroatoms. The van der Waals surface area contributed by atoms with Crippen LogP contribution in [-0.2, 0) is 13.5 Å². The van der Waals surface area contributed by atoms with E-state index in [9.17, 15) is 9.59 Å². The Hall–Kier alpha value is -3.61. The Bertz CT molecular complexity index is 1110. The molecule has 3 aromatic rings. The number of aryl methyl sites for hydroxylation is 3. The van der Waals surface area contributed by atoms with Crippen LogP contribution in [-0.4, -0.2) is 46.5 Å². The molecule has 0 fully saturated rings. The van der Waals surface area contributed by atoms with Crippen LogP contribution < -0.4 is 10.1 Å². The summed E-state index contributed by atoms with van der Waals surface area (Å²) in [4.78, 5) is 31.6. The van der Waals surface area contributed by atoms with Gasteiger partial charge in [-0.15, -0.1) is 0 Å². The summed E-state index contributed by atoms with van der Waals surface area (Å²) in [5, 5.41) is 3.01. The second-order valence-corrected chi connectivity index (χ2v) is 7.96. The van der Waals surface area contributed by atoms with Gasteiger partial charge in [0.25, 0.3) is 11.8 Å². The van der Waals surface area contributed by atoms with Gasteiger partial charge in [0, 0.05) is 49.8 Å². The van der Waals surface area contributed by atoms with Crippen LogP contribution in [0.1, 0.15) is 45.3 Å². The van der Waals surface area contributed by atoms with Crippen molar-refractivity contribution in [3.63, 3.8) is 0 Å². The molecule has 7 nitrogen and oxygen atoms in total. The molecule has 1 N–H and O–H groups in total. The minimum absolute atomic E-state index is 0.00214. The molecule has 0 saturated carbocycles. The lowest BCUT2D eigenvalue weighted by atomic mass is 10.0. The molecule has 0 aliphatic carbocycles. The van der Waals surface area contributed by atoms with Gasteiger partial charge in [0.2, 0.25) is 5.88 Å². The van der Waals surface area contributed by atoms with Crippen LogP contribution >= 0.6 is 0 Å². The molecule has 2 amide bonds. The maximum atomic E-state index is 13.0. The van der Waals surface area contributed by atoms with Crippen LogP contribution in [0.3, 0.4) is 0 Å². The fourth-order valence-electron chi connectivity index (χ4n) is 3.54. The molecule has 0 bridgehead atoms. The number of benzene rings is 1. The number of carbonyl (C=O) groups is 2. The summed E-state index contributed by atoms with van der Waals surface area (Å²) < 4.78 is 6.96. The van der Waals surface area contributed by atoms with E-state index in [0.717, 1.165) is 29.7 Å². The van der Waals surface area contributed by atoms with Gasteiger partial charge in [0.05, 0.1) is 7.11 Å². The van der Waals surface area contributed by atoms with Gasteiger partial charge in [0.1, 0.15) is 5.69 Å². The highest BCUT2D eigenvalue weighted by Crippen LogP contribution is 2.21. The zero-order chi connectivity index (χ0) is 23.3. The van der Waals surface area contributed by atoms with Crippen molar-refractivity contribution < 1.29 is 14.3 Å². The summed E-state index contributed by atoms with van der Waals surface area (Å²) >= 11 is 0. The summed E-state index contributed by atoms with van der Waals surface area (Å²) in [6.45, 7) is 3.89. The van der Waals surface area contributed by atoms with E-state index in [0.29, 0.717) is 17.1 Å². The summed E-state index contributed by atoms with van der Waals surface area (Å²) in [5.41, 5.74) is 3.81. The van der Waals surface area contributed by atoms with Gasteiger partial charge < -0.3 is 19.5 Å². The topological polar surface area (TPSA) is 76.5 Å². The summed E-state index contributed by atoms with van der Waals surface area (Å²) in [6.07, 6.45) is 4.97. The maximum Gasteiger partial charge on any atom is 0.272 e. The zero-order valence-corrected chi connectivity index (χ0v) is 19.3. The first-order valence-corrected chi connectivity index (χ1v) is 10.6. The lowest BCUT2D eigenvalue weighted by Gasteiger charge is -2.26. The molecule has 0 spiro atoms. The fraction of sp³-hybridized carbons (Fsp3) is 0.320. The molecule has 0 saturated heterocycles. The Morgan fingerprint density at radius 2 is 1.97 bits per heavy atom. The molecule has 0 aliphatic rings. The largest absolute Gasteiger partial charge is 0.481 e. The standard InChI is InChI=1S/C25H30N4O3/c1-17-16-26-23(32-5)15-20(17)25(31)29(4)18(2)12-13-19-9-6-7-10-21(19)27-24(30)22-11-8-14-28(22)3/h6-11,14-16,18H,12-13H2,1-5H3,(H,27,30)/t18-/m0/s1. The molecule has 168 valence electrons. The van der Waals surface area contributed by atoms with Crippen LogP contribution in [0.5, 0.6) is 5.88 Å². The normalized spacial score (nSPS) is 11.7. The van der Waals surface area contributed by atoms with E-state index in [1.54, 1.807) is 27.8 Å². The zero-order valence-electron chi connectivity index (χ0n) is 19.3. The van der Waals surface area contributed by atoms with Crippen LogP contribution in [0.15, 0.2) is 54.9 Å². The average molecular weight is 435 g/mol. The monoisotopic (exact) mass is 434 g/mol. The Kier molecular flexibility index (Phi) is 7.30. The van der Waals surface area contributed by atoms with Gasteiger partial charge in [0.15, 0.2) is 0 Å². The number of carbonyl (C=O) groups excluding carboxylic acids is 2. The van der Waals surface area contributed by atoms with Crippen LogP contribution in [0.2, 0.25) is 0 Å². The van der Waals surface area contributed by atoms with Gasteiger partial charge in [-0.25, -0.2) is 4.98 Å². The van der Waals surface area contributed by atoms with Crippen molar-refractivity contribution in [1.82, 2.24) is 14.5 Å². The number of pyridine rings is 1. The highest BCUT2D eigenvalue weighted by molar-refractivity contribution is 6.03. The number of para-hydroxylation sites is 1. The second kappa shape index (κ2) is 10.1. The first-order valence-electron chi connectivity index (χ1n) is 10.6. The predicted molar refractivity (Wildman–Crippen MR) is 125 cm³/mol. The van der Waals surface area contributed by atoms with E-state index in [-0.39, 0.29) is 17.9 Å². The Morgan fingerprint density at radius 3 is 2.66 bits per heavy atom. The molecule has 0 radical (unpaired) electrons. The van der Waals surface area contributed by atoms with Gasteiger partial charge in [-0.3, -0.25) is 9.59 Å². The predicted octanol–water partition coefficient (Wildman–Crippen LogP) is 4.08. The molecule has 0 aliphatic heterocycles. The number of anilines is 1. The van der Waals surface area contributed by atoms with Crippen molar-refractivity contribution in [1.29, 1.82) is 0 Å². The minimum Gasteiger partial charge on any atom is -0.481 e. The SMILES string of the molecule is COc1cc(C(=O)N(C)[C@@H](C)CCc2ccccc2NC(=O)c2cccn2C)c(C)cn1. The highest BCUT2D eigenvalue weighted by atomic mass is 16.5. The first-order chi connectivity index (χ1) is 15.3. The van der Waals surface area contributed by atoms with Gasteiger partial charge in [-0.05, 0) is 56.0 Å². The van der Waals surface area contributed by atoms with Crippen LogP contribution in [0.4, 0.5) is 5.69 Å². The summed E-state index contributed by atoms with van der Waals surface area (Å²) in [5.74, 6) is 0.205. The van der Waals surface area contributed by atoms with E-state index >= 15 is 0 Å². The van der Waals surface area contributed by atoms with E-state index in [1.165, 1.54) is 7.11 Å². The number of methoxy groups -OCH3 is 1. The number of nitrogens with zero attached hydrogens (tertiary/aromatic N) is 3. The third-order valence-corrected chi connectivity index (χ3v) is 5.77. The maximum absolute atomic E-state index is 13.0. The van der Waals surface area contributed by atoms with Crippen molar-refractivity contribution in [3.8, 4) is 5.88 Å². The number of hydrogen-bond acceptors (Lipinski definition) is 4. The van der Waals surface area contributed by atoms with Gasteiger partial charge in [-0.1, -0.05) is 18.2 Å². The molecule has 2 heterocycles. The van der Waals surface area contributed by atoms with E-state index in [4.69, 9.17) is 4.74 Å². The van der Waals surface area contributed by atoms with Crippen molar-refractivity contribution in [3.05, 3.63) is 77.2 Å². The van der Waals surface area contributed by atoms with Crippen molar-refractivity contribution in [2.24, 2.45) is 7.05 Å². The van der Waals surface area contributed by atoms with Crippen LogP contribution in [0, 0.1) is 6.92 Å². The Labute approximate surface area is 189 Å². The molecule has 0 unspecified atom stereocenters. The van der Waals surface area contributed by atoms with Gasteiger partial charge >= 0.3 is 0 Å². The molecule has 32 heavy (non-hydrogen) atoms. The van der Waals surface area contributed by atoms with E-state index in [1.807, 2.05) is 64.5 Å². The van der Waals surface area contributed by atoms with Crippen LogP contribution in [0.25, 0.3) is 0 Å². The number of aromatic nitrogens is 2. The number of ether oxygens (including phenoxy) is 1. The fourth-order valence-corrected chi connectivity index (χ4v) is 3.54. The van der Waals surface area contributed by atoms with Crippen molar-refractivity contribution >= 4 is 17.5 Å². The Morgan fingerprint density at radius 1 is 1.22 bits per heavy atom. The number of hydrogen-bond donors (Lipinski definition) is 1. The second-order valence-electron chi connectivity index (χ2n) is 7.96. The van der Waals surface area contributed by atoms with Crippen molar-refractivity contribution in [2.75, 3.05) is 19.5 Å². The lowest BCUT2D eigenvalue weighted by Crippen LogP contribution is -2.35. The number of nitrogens with one attached hydrogen (secondary N) is 1. The smallest absolute Gasteiger partial charge is 0.272 e. The minimum atomic E-state index is -0.146. The van der Waals surface area contributed by atoms with E-state index < -0.39 is 0 Å². The first kappa shape index (κ1) is 23.1. The number of rotatable bonds is 8. The quantitative estimate of drug-likeness (QED) is 0.580. The summed E-state index contributed by atoms with van der Waals surface area (Å²) in [7, 11) is 5.18. The summed E-state index contributed by atoms with van der Waals surface area (Å²) in [6, 6.07) is 13.1. The van der Waals surface area contributed by atoms with E-state index in [2.05, 4.69) is 10.3 Å². The molecular formula is C25H30N4O3.